The summed E-state index contributed by atoms with van der Waals surface area (Å²) in [4.78, 5) is 16.1. The SMILES string of the molecule is C[C@@H]1CCCCO[C@@H](CN(C)S(=O)(=O)c2ccccc2)[C@@H](C)CN([C@@H](C)CO)C(=O)c2cc(NS(=O)(=O)c3ccccc3)ccc2O1. The summed E-state index contributed by atoms with van der Waals surface area (Å²) in [7, 11) is -6.22. The predicted octanol–water partition coefficient (Wildman–Crippen LogP) is 4.60. The molecule has 1 aliphatic rings. The van der Waals surface area contributed by atoms with E-state index in [2.05, 4.69) is 4.72 Å². The van der Waals surface area contributed by atoms with Crippen molar-refractivity contribution in [3.63, 3.8) is 0 Å². The molecule has 3 aromatic carbocycles. The molecule has 256 valence electrons. The third-order valence-electron chi connectivity index (χ3n) is 8.25. The first kappa shape index (κ1) is 36.3. The molecule has 11 nitrogen and oxygen atoms in total. The fourth-order valence-electron chi connectivity index (χ4n) is 5.39. The van der Waals surface area contributed by atoms with Gasteiger partial charge in [0.25, 0.3) is 15.9 Å². The zero-order valence-electron chi connectivity index (χ0n) is 27.3. The van der Waals surface area contributed by atoms with E-state index in [-0.39, 0.29) is 52.8 Å². The molecule has 0 fully saturated rings. The van der Waals surface area contributed by atoms with E-state index >= 15 is 0 Å². The van der Waals surface area contributed by atoms with Gasteiger partial charge in [0.05, 0.1) is 40.2 Å². The molecule has 4 atom stereocenters. The summed E-state index contributed by atoms with van der Waals surface area (Å²) in [5, 5.41) is 10.2. The van der Waals surface area contributed by atoms with Crippen molar-refractivity contribution in [2.24, 2.45) is 5.92 Å². The van der Waals surface area contributed by atoms with Gasteiger partial charge in [-0.15, -0.1) is 0 Å². The molecule has 47 heavy (non-hydrogen) atoms. The van der Waals surface area contributed by atoms with Crippen LogP contribution in [0.2, 0.25) is 0 Å². The second-order valence-corrected chi connectivity index (χ2v) is 15.8. The number of hydrogen-bond donors (Lipinski definition) is 2. The molecule has 2 N–H and O–H groups in total. The number of aliphatic hydroxyl groups excluding tert-OH is 1. The Hall–Kier alpha value is -3.49. The van der Waals surface area contributed by atoms with Gasteiger partial charge in [-0.1, -0.05) is 43.3 Å². The van der Waals surface area contributed by atoms with E-state index in [0.717, 1.165) is 12.8 Å². The normalized spacial score (nSPS) is 20.9. The van der Waals surface area contributed by atoms with Crippen molar-refractivity contribution in [3.8, 4) is 5.75 Å². The Labute approximate surface area is 278 Å². The van der Waals surface area contributed by atoms with Gasteiger partial charge in [-0.2, -0.15) is 4.31 Å². The number of aliphatic hydroxyl groups is 1. The Balaban J connectivity index is 1.68. The lowest BCUT2D eigenvalue weighted by Crippen LogP contribution is -2.48. The Morgan fingerprint density at radius 1 is 0.957 bits per heavy atom. The van der Waals surface area contributed by atoms with Gasteiger partial charge < -0.3 is 19.5 Å². The fraction of sp³-hybridized carbons (Fsp3) is 0.441. The van der Waals surface area contributed by atoms with Gasteiger partial charge in [-0.05, 0) is 75.6 Å². The molecule has 0 aromatic heterocycles. The van der Waals surface area contributed by atoms with Gasteiger partial charge in [0, 0.05) is 38.3 Å². The second-order valence-electron chi connectivity index (χ2n) is 12.0. The number of benzene rings is 3. The summed E-state index contributed by atoms with van der Waals surface area (Å²) in [6.07, 6.45) is 1.32. The molecule has 0 radical (unpaired) electrons. The number of carbonyl (C=O) groups is 1. The maximum atomic E-state index is 14.3. The number of nitrogens with one attached hydrogen (secondary N) is 1. The topological polar surface area (TPSA) is 143 Å². The molecule has 1 heterocycles. The minimum Gasteiger partial charge on any atom is -0.490 e. The number of carbonyl (C=O) groups excluding carboxylic acids is 1. The number of amides is 1. The minimum atomic E-state index is -3.94. The van der Waals surface area contributed by atoms with Crippen LogP contribution < -0.4 is 9.46 Å². The lowest BCUT2D eigenvalue weighted by atomic mass is 10.0. The monoisotopic (exact) mass is 687 g/mol. The van der Waals surface area contributed by atoms with Gasteiger partial charge >= 0.3 is 0 Å². The maximum absolute atomic E-state index is 14.3. The van der Waals surface area contributed by atoms with Crippen LogP contribution >= 0.6 is 0 Å². The number of sulfonamides is 2. The van der Waals surface area contributed by atoms with Crippen LogP contribution in [-0.4, -0.2) is 88.7 Å². The van der Waals surface area contributed by atoms with Crippen LogP contribution in [0.1, 0.15) is 50.4 Å². The second kappa shape index (κ2) is 16.1. The van der Waals surface area contributed by atoms with Gasteiger partial charge in [0.15, 0.2) is 0 Å². The average molecular weight is 688 g/mol. The zero-order chi connectivity index (χ0) is 34.2. The van der Waals surface area contributed by atoms with E-state index in [0.29, 0.717) is 18.8 Å². The van der Waals surface area contributed by atoms with Gasteiger partial charge in [0.2, 0.25) is 10.0 Å². The molecule has 0 saturated heterocycles. The van der Waals surface area contributed by atoms with Crippen molar-refractivity contribution in [3.05, 3.63) is 84.4 Å². The Morgan fingerprint density at radius 3 is 2.23 bits per heavy atom. The highest BCUT2D eigenvalue weighted by atomic mass is 32.2. The van der Waals surface area contributed by atoms with E-state index in [1.165, 1.54) is 34.5 Å². The third kappa shape index (κ3) is 9.32. The van der Waals surface area contributed by atoms with Crippen molar-refractivity contribution in [1.82, 2.24) is 9.21 Å². The standard InChI is InChI=1S/C34H45N3O8S2/c1-25-22-37(26(2)24-38)34(39)31-21-28(35-46(40,41)29-14-7-5-8-15-29)18-19-32(31)45-27(3)13-11-12-20-44-33(25)23-36(4)47(42,43)30-16-9-6-10-17-30/h5-10,14-19,21,25-27,33,35,38H,11-13,20,22-24H2,1-4H3/t25-,26-,27+,33-/m0/s1. The summed E-state index contributed by atoms with van der Waals surface area (Å²) in [6, 6.07) is 20.1. The van der Waals surface area contributed by atoms with Gasteiger partial charge in [0.1, 0.15) is 5.75 Å². The number of likely N-dealkylation sites (N-methyl/N-ethyl adjacent to an activating group) is 1. The molecule has 0 spiro atoms. The molecule has 3 aromatic rings. The van der Waals surface area contributed by atoms with Gasteiger partial charge in [-0.25, -0.2) is 16.8 Å². The third-order valence-corrected chi connectivity index (χ3v) is 11.5. The molecule has 0 saturated carbocycles. The van der Waals surface area contributed by atoms with Crippen LogP contribution in [0.3, 0.4) is 0 Å². The van der Waals surface area contributed by atoms with E-state index in [9.17, 15) is 26.7 Å². The molecule has 0 bridgehead atoms. The number of rotatable bonds is 9. The fourth-order valence-corrected chi connectivity index (χ4v) is 7.66. The molecule has 13 heteroatoms. The Morgan fingerprint density at radius 2 is 1.60 bits per heavy atom. The van der Waals surface area contributed by atoms with Gasteiger partial charge in [-0.3, -0.25) is 9.52 Å². The van der Waals surface area contributed by atoms with Crippen molar-refractivity contribution >= 4 is 31.6 Å². The lowest BCUT2D eigenvalue weighted by Gasteiger charge is -2.35. The van der Waals surface area contributed by atoms with Crippen LogP contribution in [0, 0.1) is 5.92 Å². The number of fused-ring (bicyclic) bond motifs is 1. The molecule has 4 rings (SSSR count). The zero-order valence-corrected chi connectivity index (χ0v) is 28.9. The number of nitrogens with zero attached hydrogens (tertiary/aromatic N) is 2. The summed E-state index contributed by atoms with van der Waals surface area (Å²) in [5.41, 5.74) is 0.313. The lowest BCUT2D eigenvalue weighted by molar-refractivity contribution is -0.00833. The van der Waals surface area contributed by atoms with E-state index < -0.39 is 38.1 Å². The highest BCUT2D eigenvalue weighted by Gasteiger charge is 2.32. The average Bonchev–Trinajstić information content (AvgIpc) is 3.06. The molecular formula is C34H45N3O8S2. The Bertz CT molecular complexity index is 1690. The first-order valence-corrected chi connectivity index (χ1v) is 18.7. The predicted molar refractivity (Wildman–Crippen MR) is 180 cm³/mol. The van der Waals surface area contributed by atoms with Crippen molar-refractivity contribution in [2.75, 3.05) is 38.1 Å². The highest BCUT2D eigenvalue weighted by molar-refractivity contribution is 7.92. The van der Waals surface area contributed by atoms with Crippen molar-refractivity contribution in [2.45, 2.75) is 68.1 Å². The Kier molecular flexibility index (Phi) is 12.4. The summed E-state index contributed by atoms with van der Waals surface area (Å²) in [6.45, 7) is 5.73. The summed E-state index contributed by atoms with van der Waals surface area (Å²) < 4.78 is 69.2. The molecule has 1 aliphatic heterocycles. The number of anilines is 1. The summed E-state index contributed by atoms with van der Waals surface area (Å²) >= 11 is 0. The van der Waals surface area contributed by atoms with Crippen LogP contribution in [-0.2, 0) is 24.8 Å². The quantitative estimate of drug-likeness (QED) is 0.333. The molecular weight excluding hydrogens is 643 g/mol. The van der Waals surface area contributed by atoms with Crippen LogP contribution in [0.25, 0.3) is 0 Å². The van der Waals surface area contributed by atoms with Crippen LogP contribution in [0.5, 0.6) is 5.75 Å². The number of ether oxygens (including phenoxy) is 2. The first-order chi connectivity index (χ1) is 22.3. The number of hydrogen-bond acceptors (Lipinski definition) is 8. The van der Waals surface area contributed by atoms with E-state index in [1.54, 1.807) is 67.6 Å². The van der Waals surface area contributed by atoms with Crippen LogP contribution in [0.4, 0.5) is 5.69 Å². The maximum Gasteiger partial charge on any atom is 0.261 e. The largest absolute Gasteiger partial charge is 0.490 e. The first-order valence-electron chi connectivity index (χ1n) is 15.8. The van der Waals surface area contributed by atoms with Crippen molar-refractivity contribution < 1.29 is 36.2 Å². The van der Waals surface area contributed by atoms with Crippen LogP contribution in [0.15, 0.2) is 88.7 Å². The van der Waals surface area contributed by atoms with Crippen molar-refractivity contribution in [1.29, 1.82) is 0 Å². The minimum absolute atomic E-state index is 0.0510. The van der Waals surface area contributed by atoms with E-state index in [4.69, 9.17) is 9.47 Å². The van der Waals surface area contributed by atoms with E-state index in [1.807, 2.05) is 13.8 Å². The smallest absolute Gasteiger partial charge is 0.261 e. The molecule has 0 aliphatic carbocycles. The molecule has 1 amide bonds. The highest BCUT2D eigenvalue weighted by Crippen LogP contribution is 2.30. The molecule has 0 unspecified atom stereocenters. The summed E-state index contributed by atoms with van der Waals surface area (Å²) in [5.74, 6) is -0.527.